The summed E-state index contributed by atoms with van der Waals surface area (Å²) in [7, 11) is 0. The van der Waals surface area contributed by atoms with E-state index in [-0.39, 0.29) is 0 Å². The molecule has 1 fully saturated rings. The lowest BCUT2D eigenvalue weighted by atomic mass is 9.64. The Morgan fingerprint density at radius 3 is 2.90 bits per heavy atom. The van der Waals surface area contributed by atoms with Gasteiger partial charge >= 0.3 is 0 Å². The van der Waals surface area contributed by atoms with Crippen LogP contribution in [-0.4, -0.2) is 5.78 Å². The molecule has 0 aromatic heterocycles. The largest absolute Gasteiger partial charge is 0.299 e. The fourth-order valence-corrected chi connectivity index (χ4v) is 2.23. The van der Waals surface area contributed by atoms with E-state index in [2.05, 4.69) is 19.9 Å². The van der Waals surface area contributed by atoms with Crippen LogP contribution in [0.2, 0.25) is 0 Å². The summed E-state index contributed by atoms with van der Waals surface area (Å²) in [6.07, 6.45) is 3.36. The van der Waals surface area contributed by atoms with Crippen molar-refractivity contribution in [2.24, 2.45) is 17.8 Å². The number of carbonyl (C=O) groups excluding carboxylic acids is 1. The molecule has 0 heterocycles. The lowest BCUT2D eigenvalue weighted by Gasteiger charge is -2.37. The van der Waals surface area contributed by atoms with Crippen LogP contribution in [0, 0.1) is 17.8 Å². The van der Waals surface area contributed by atoms with Crippen molar-refractivity contribution in [3.05, 3.63) is 11.6 Å². The molecule has 2 rings (SSSR count). The summed E-state index contributed by atoms with van der Waals surface area (Å²) >= 11 is 0. The van der Waals surface area contributed by atoms with Crippen molar-refractivity contribution in [2.75, 3.05) is 0 Å². The van der Waals surface area contributed by atoms with E-state index in [0.717, 1.165) is 6.42 Å². The normalized spacial score (nSPS) is 44.4. The van der Waals surface area contributed by atoms with Crippen LogP contribution in [0.4, 0.5) is 0 Å². The molecule has 2 aliphatic carbocycles. The average Bonchev–Trinajstić information content (AvgIpc) is 2.27. The Morgan fingerprint density at radius 2 is 2.30 bits per heavy atom. The van der Waals surface area contributed by atoms with Gasteiger partial charge in [0.1, 0.15) is 5.78 Å². The highest BCUT2D eigenvalue weighted by atomic mass is 16.1. The van der Waals surface area contributed by atoms with Crippen molar-refractivity contribution in [1.82, 2.24) is 0 Å². The third kappa shape index (κ3) is 0.511. The van der Waals surface area contributed by atoms with Crippen LogP contribution >= 0.6 is 0 Å². The summed E-state index contributed by atoms with van der Waals surface area (Å²) in [5, 5.41) is 0. The van der Waals surface area contributed by atoms with Crippen molar-refractivity contribution in [1.29, 1.82) is 0 Å². The second-order valence-corrected chi connectivity index (χ2v) is 3.52. The molecule has 0 N–H and O–H groups in total. The maximum atomic E-state index is 11.2. The van der Waals surface area contributed by atoms with Gasteiger partial charge in [-0.05, 0) is 19.3 Å². The van der Waals surface area contributed by atoms with E-state index in [1.807, 2.05) is 0 Å². The van der Waals surface area contributed by atoms with E-state index >= 15 is 0 Å². The van der Waals surface area contributed by atoms with Crippen molar-refractivity contribution in [3.8, 4) is 0 Å². The zero-order valence-electron chi connectivity index (χ0n) is 6.42. The van der Waals surface area contributed by atoms with Gasteiger partial charge in [0.2, 0.25) is 0 Å². The Bertz CT molecular complexity index is 215. The summed E-state index contributed by atoms with van der Waals surface area (Å²) < 4.78 is 0. The molecule has 0 saturated heterocycles. The van der Waals surface area contributed by atoms with Gasteiger partial charge in [-0.25, -0.2) is 0 Å². The molecule has 3 atom stereocenters. The number of ketones is 1. The molecule has 0 spiro atoms. The smallest absolute Gasteiger partial charge is 0.143 e. The Balaban J connectivity index is 2.23. The Hall–Kier alpha value is -0.590. The molecule has 0 unspecified atom stereocenters. The first-order valence-electron chi connectivity index (χ1n) is 3.92. The van der Waals surface area contributed by atoms with Crippen LogP contribution in [0.3, 0.4) is 0 Å². The summed E-state index contributed by atoms with van der Waals surface area (Å²) in [4.78, 5) is 11.2. The molecule has 0 radical (unpaired) electrons. The minimum absolute atomic E-state index is 0.329. The van der Waals surface area contributed by atoms with Crippen LogP contribution in [0.1, 0.15) is 20.3 Å². The monoisotopic (exact) mass is 136 g/mol. The molecule has 0 aromatic rings. The molecule has 0 bridgehead atoms. The van der Waals surface area contributed by atoms with Gasteiger partial charge in [-0.1, -0.05) is 18.6 Å². The second kappa shape index (κ2) is 1.71. The van der Waals surface area contributed by atoms with Gasteiger partial charge in [0, 0.05) is 11.8 Å². The third-order valence-electron chi connectivity index (χ3n) is 3.03. The van der Waals surface area contributed by atoms with Crippen molar-refractivity contribution in [2.45, 2.75) is 20.3 Å². The number of rotatable bonds is 0. The summed E-state index contributed by atoms with van der Waals surface area (Å²) in [6, 6.07) is 0. The topological polar surface area (TPSA) is 17.1 Å². The Morgan fingerprint density at radius 1 is 1.60 bits per heavy atom. The van der Waals surface area contributed by atoms with Crippen LogP contribution in [0.5, 0.6) is 0 Å². The highest BCUT2D eigenvalue weighted by molar-refractivity contribution is 5.93. The van der Waals surface area contributed by atoms with Crippen LogP contribution in [-0.2, 0) is 4.79 Å². The molecular weight excluding hydrogens is 124 g/mol. The lowest BCUT2D eigenvalue weighted by molar-refractivity contribution is -0.138. The number of Topliss-reactive ketones (excluding diaryl/α,β-unsaturated/α-hetero) is 1. The van der Waals surface area contributed by atoms with Crippen molar-refractivity contribution < 1.29 is 4.79 Å². The molecule has 1 saturated carbocycles. The first-order chi connectivity index (χ1) is 4.72. The van der Waals surface area contributed by atoms with Gasteiger partial charge in [0.25, 0.3) is 0 Å². The number of allylic oxidation sites excluding steroid dienone is 2. The average molecular weight is 136 g/mol. The first-order valence-corrected chi connectivity index (χ1v) is 3.92. The van der Waals surface area contributed by atoms with E-state index in [1.165, 1.54) is 5.57 Å². The molecule has 0 aliphatic heterocycles. The first kappa shape index (κ1) is 6.14. The quantitative estimate of drug-likeness (QED) is 0.464. The molecular formula is C9H12O. The number of fused-ring (bicyclic) bond motifs is 1. The van der Waals surface area contributed by atoms with E-state index < -0.39 is 0 Å². The number of hydrogen-bond acceptors (Lipinski definition) is 1. The molecule has 0 aromatic carbocycles. The Labute approximate surface area is 61.1 Å². The molecule has 10 heavy (non-hydrogen) atoms. The van der Waals surface area contributed by atoms with Crippen LogP contribution in [0.25, 0.3) is 0 Å². The van der Waals surface area contributed by atoms with E-state index in [1.54, 1.807) is 0 Å². The van der Waals surface area contributed by atoms with Gasteiger partial charge in [0.05, 0.1) is 0 Å². The second-order valence-electron chi connectivity index (χ2n) is 3.52. The predicted octanol–water partition coefficient (Wildman–Crippen LogP) is 1.79. The SMILES string of the molecule is CC1=CC[C@@H]2[C@H]1C(=O)[C@H]2C. The van der Waals surface area contributed by atoms with Gasteiger partial charge in [-0.3, -0.25) is 4.79 Å². The van der Waals surface area contributed by atoms with E-state index in [9.17, 15) is 4.79 Å². The maximum Gasteiger partial charge on any atom is 0.143 e. The minimum atomic E-state index is 0.329. The molecule has 54 valence electrons. The third-order valence-corrected chi connectivity index (χ3v) is 3.03. The zero-order valence-corrected chi connectivity index (χ0v) is 6.42. The van der Waals surface area contributed by atoms with Crippen molar-refractivity contribution in [3.63, 3.8) is 0 Å². The van der Waals surface area contributed by atoms with Crippen molar-refractivity contribution >= 4 is 5.78 Å². The Kier molecular flexibility index (Phi) is 1.05. The minimum Gasteiger partial charge on any atom is -0.299 e. The lowest BCUT2D eigenvalue weighted by Crippen LogP contribution is -2.43. The van der Waals surface area contributed by atoms with E-state index in [4.69, 9.17) is 0 Å². The predicted molar refractivity (Wildman–Crippen MR) is 39.5 cm³/mol. The molecule has 0 amide bonds. The summed E-state index contributed by atoms with van der Waals surface area (Å²) in [6.45, 7) is 4.13. The molecule has 1 nitrogen and oxygen atoms in total. The van der Waals surface area contributed by atoms with Gasteiger partial charge in [-0.2, -0.15) is 0 Å². The van der Waals surface area contributed by atoms with Gasteiger partial charge in [0.15, 0.2) is 0 Å². The van der Waals surface area contributed by atoms with E-state index in [0.29, 0.717) is 23.5 Å². The summed E-state index contributed by atoms with van der Waals surface area (Å²) in [5.74, 6) is 1.82. The van der Waals surface area contributed by atoms with Crippen LogP contribution < -0.4 is 0 Å². The maximum absolute atomic E-state index is 11.2. The summed E-state index contributed by atoms with van der Waals surface area (Å²) in [5.41, 5.74) is 1.31. The highest BCUT2D eigenvalue weighted by Crippen LogP contribution is 2.47. The number of carbonyl (C=O) groups is 1. The zero-order chi connectivity index (χ0) is 7.30. The van der Waals surface area contributed by atoms with Gasteiger partial charge in [-0.15, -0.1) is 0 Å². The highest BCUT2D eigenvalue weighted by Gasteiger charge is 2.49. The number of hydrogen-bond donors (Lipinski definition) is 0. The standard InChI is InChI=1S/C9H12O/c1-5-3-4-7-6(2)9(10)8(5)7/h3,6-8H,4H2,1-2H3/t6-,7-,8-/m0/s1. The fraction of sp³-hybridized carbons (Fsp3) is 0.667. The fourth-order valence-electron chi connectivity index (χ4n) is 2.23. The van der Waals surface area contributed by atoms with Crippen LogP contribution in [0.15, 0.2) is 11.6 Å². The molecule has 2 aliphatic rings. The molecule has 1 heteroatoms. The van der Waals surface area contributed by atoms with Gasteiger partial charge < -0.3 is 0 Å².